The van der Waals surface area contributed by atoms with Gasteiger partial charge in [0.15, 0.2) is 11.6 Å². The van der Waals surface area contributed by atoms with Crippen molar-refractivity contribution in [1.29, 1.82) is 0 Å². The van der Waals surface area contributed by atoms with Gasteiger partial charge in [0.25, 0.3) is 0 Å². The zero-order valence-corrected chi connectivity index (χ0v) is 17.5. The summed E-state index contributed by atoms with van der Waals surface area (Å²) in [5.41, 5.74) is 1.17. The molecule has 168 valence electrons. The normalized spacial score (nSPS) is 18.7. The van der Waals surface area contributed by atoms with Crippen LogP contribution in [0.25, 0.3) is 0 Å². The molecular formula is C21H37N7O2. The molecule has 2 aromatic rings. The Hall–Kier alpha value is -3.28. The predicted octanol–water partition coefficient (Wildman–Crippen LogP) is 4.14. The number of nitrogens with zero attached hydrogens (tertiary/aromatic N) is 4. The standard InChI is InChI=1S/C21H27N7O2.5H2/c1-5-13-11-22-19(25-18(13)24-17-10-16(26-27-17)14-6-7-14)28-9-8-15(12-28)23-20(29)30-21(2,3)4;;;;;/h1,10-11,14-15H,6-9,12H2,2-4H3,(H,23,29)(H2,22,24,25,26,27);5*1H/t15-;;;;;/m0...../s1. The lowest BCUT2D eigenvalue weighted by Gasteiger charge is -2.22. The Morgan fingerprint density at radius 2 is 2.20 bits per heavy atom. The van der Waals surface area contributed by atoms with Gasteiger partial charge in [0.2, 0.25) is 5.95 Å². The minimum absolute atomic E-state index is 0. The number of nitrogens with one attached hydrogen (secondary N) is 3. The molecule has 0 radical (unpaired) electrons. The highest BCUT2D eigenvalue weighted by molar-refractivity contribution is 5.68. The van der Waals surface area contributed by atoms with Crippen LogP contribution in [0.3, 0.4) is 0 Å². The van der Waals surface area contributed by atoms with Crippen LogP contribution < -0.4 is 15.5 Å². The third kappa shape index (κ3) is 4.82. The molecule has 1 saturated carbocycles. The van der Waals surface area contributed by atoms with Gasteiger partial charge in [-0.05, 0) is 40.0 Å². The van der Waals surface area contributed by atoms with Crippen molar-refractivity contribution in [3.05, 3.63) is 23.5 Å². The number of hydrogen-bond acceptors (Lipinski definition) is 7. The van der Waals surface area contributed by atoms with E-state index in [1.54, 1.807) is 6.20 Å². The molecular weight excluding hydrogens is 382 g/mol. The number of H-pyrrole nitrogens is 1. The average molecular weight is 420 g/mol. The van der Waals surface area contributed by atoms with Crippen LogP contribution in [0.15, 0.2) is 12.3 Å². The van der Waals surface area contributed by atoms with Gasteiger partial charge in [-0.3, -0.25) is 5.10 Å². The Morgan fingerprint density at radius 3 is 2.90 bits per heavy atom. The number of hydrogen-bond donors (Lipinski definition) is 3. The Kier molecular flexibility index (Phi) is 5.24. The number of ether oxygens (including phenoxy) is 1. The number of amides is 1. The fraction of sp³-hybridized carbons (Fsp3) is 0.524. The zero-order valence-electron chi connectivity index (χ0n) is 17.5. The highest BCUT2D eigenvalue weighted by atomic mass is 16.6. The monoisotopic (exact) mass is 419 g/mol. The Labute approximate surface area is 183 Å². The van der Waals surface area contributed by atoms with E-state index in [2.05, 4.69) is 36.7 Å². The Morgan fingerprint density at radius 1 is 1.40 bits per heavy atom. The second-order valence-corrected chi connectivity index (χ2v) is 8.76. The lowest BCUT2D eigenvalue weighted by atomic mass is 10.2. The van der Waals surface area contributed by atoms with Crippen molar-refractivity contribution in [3.8, 4) is 12.3 Å². The number of aromatic nitrogens is 4. The minimum atomic E-state index is -0.525. The van der Waals surface area contributed by atoms with E-state index in [9.17, 15) is 4.79 Å². The summed E-state index contributed by atoms with van der Waals surface area (Å²) >= 11 is 0. The van der Waals surface area contributed by atoms with Crippen molar-refractivity contribution in [2.75, 3.05) is 23.3 Å². The number of carbonyl (C=O) groups is 1. The first-order valence-corrected chi connectivity index (χ1v) is 10.2. The summed E-state index contributed by atoms with van der Waals surface area (Å²) in [6, 6.07) is 1.97. The second kappa shape index (κ2) is 7.86. The molecule has 1 atom stereocenters. The Bertz CT molecular complexity index is 989. The van der Waals surface area contributed by atoms with Crippen molar-refractivity contribution < 1.29 is 16.7 Å². The third-order valence-corrected chi connectivity index (χ3v) is 4.98. The first kappa shape index (κ1) is 20.0. The molecule has 2 fully saturated rings. The molecule has 0 bridgehead atoms. The van der Waals surface area contributed by atoms with Crippen molar-refractivity contribution in [2.24, 2.45) is 0 Å². The summed E-state index contributed by atoms with van der Waals surface area (Å²) in [5, 5.41) is 13.5. The van der Waals surface area contributed by atoms with Crippen molar-refractivity contribution in [1.82, 2.24) is 25.5 Å². The number of rotatable bonds is 5. The average Bonchev–Trinajstić information content (AvgIpc) is 3.24. The SMILES string of the molecule is C#Cc1cnc(N2CC[C@H](NC(=O)OC(C)(C)C)C2)nc1Nc1cc(C2CC2)[nH]n1.[HH].[HH].[HH].[HH].[HH]. The maximum atomic E-state index is 12.0. The number of anilines is 3. The van der Waals surface area contributed by atoms with E-state index in [1.807, 2.05) is 31.7 Å². The number of alkyl carbamates (subject to hydrolysis) is 1. The van der Waals surface area contributed by atoms with Crippen molar-refractivity contribution in [3.63, 3.8) is 0 Å². The van der Waals surface area contributed by atoms with E-state index in [4.69, 9.17) is 11.2 Å². The molecule has 0 spiro atoms. The fourth-order valence-electron chi connectivity index (χ4n) is 3.39. The highest BCUT2D eigenvalue weighted by Gasteiger charge is 2.28. The topological polar surface area (TPSA) is 108 Å². The van der Waals surface area contributed by atoms with E-state index in [-0.39, 0.29) is 13.2 Å². The fourth-order valence-corrected chi connectivity index (χ4v) is 3.39. The third-order valence-electron chi connectivity index (χ3n) is 4.98. The molecule has 4 rings (SSSR count). The molecule has 0 unspecified atom stereocenters. The lowest BCUT2D eigenvalue weighted by Crippen LogP contribution is -2.40. The van der Waals surface area contributed by atoms with Crippen LogP contribution in [-0.4, -0.2) is 51.0 Å². The molecule has 1 aliphatic carbocycles. The van der Waals surface area contributed by atoms with Gasteiger partial charge in [0, 0.05) is 37.9 Å². The number of carbonyl (C=O) groups excluding carboxylic acids is 1. The quantitative estimate of drug-likeness (QED) is 0.625. The van der Waals surface area contributed by atoms with Gasteiger partial charge >= 0.3 is 6.09 Å². The first-order chi connectivity index (χ1) is 14.3. The van der Waals surface area contributed by atoms with Crippen LogP contribution in [0.1, 0.15) is 64.3 Å². The van der Waals surface area contributed by atoms with Crippen LogP contribution in [0.4, 0.5) is 22.4 Å². The van der Waals surface area contributed by atoms with E-state index in [0.717, 1.165) is 18.7 Å². The van der Waals surface area contributed by atoms with Gasteiger partial charge in [-0.25, -0.2) is 9.78 Å². The molecule has 1 amide bonds. The number of terminal acetylenes is 1. The maximum Gasteiger partial charge on any atom is 0.407 e. The summed E-state index contributed by atoms with van der Waals surface area (Å²) < 4.78 is 5.34. The molecule has 9 heteroatoms. The summed E-state index contributed by atoms with van der Waals surface area (Å²) in [5.74, 6) is 4.98. The minimum Gasteiger partial charge on any atom is -0.444 e. The smallest absolute Gasteiger partial charge is 0.407 e. The van der Waals surface area contributed by atoms with Gasteiger partial charge in [0.1, 0.15) is 5.60 Å². The summed E-state index contributed by atoms with van der Waals surface area (Å²) in [4.78, 5) is 23.1. The second-order valence-electron chi connectivity index (χ2n) is 8.76. The largest absolute Gasteiger partial charge is 0.444 e. The van der Waals surface area contributed by atoms with E-state index >= 15 is 0 Å². The maximum absolute atomic E-state index is 12.0. The molecule has 0 aromatic carbocycles. The van der Waals surface area contributed by atoms with Crippen LogP contribution in [0.2, 0.25) is 0 Å². The molecule has 2 aromatic heterocycles. The molecule has 3 N–H and O–H groups in total. The van der Waals surface area contributed by atoms with E-state index in [1.165, 1.54) is 12.8 Å². The molecule has 9 nitrogen and oxygen atoms in total. The summed E-state index contributed by atoms with van der Waals surface area (Å²) in [6.07, 6.45) is 10.0. The van der Waals surface area contributed by atoms with Crippen molar-refractivity contribution in [2.45, 2.75) is 57.6 Å². The Balaban J connectivity index is 0. The molecule has 1 aliphatic heterocycles. The number of aromatic amines is 1. The summed E-state index contributed by atoms with van der Waals surface area (Å²) in [6.45, 7) is 6.85. The molecule has 2 aliphatic rings. The van der Waals surface area contributed by atoms with Gasteiger partial charge < -0.3 is 20.3 Å². The zero-order chi connectivity index (χ0) is 21.3. The van der Waals surface area contributed by atoms with Crippen LogP contribution in [0, 0.1) is 12.3 Å². The predicted molar refractivity (Wildman–Crippen MR) is 124 cm³/mol. The van der Waals surface area contributed by atoms with Gasteiger partial charge in [-0.2, -0.15) is 10.1 Å². The van der Waals surface area contributed by atoms with E-state index in [0.29, 0.717) is 35.6 Å². The van der Waals surface area contributed by atoms with E-state index < -0.39 is 11.7 Å². The van der Waals surface area contributed by atoms with Gasteiger partial charge in [0.05, 0.1) is 17.8 Å². The first-order valence-electron chi connectivity index (χ1n) is 10.2. The summed E-state index contributed by atoms with van der Waals surface area (Å²) in [7, 11) is 0. The van der Waals surface area contributed by atoms with Gasteiger partial charge in [-0.1, -0.05) is 5.92 Å². The van der Waals surface area contributed by atoms with Gasteiger partial charge in [-0.15, -0.1) is 6.42 Å². The van der Waals surface area contributed by atoms with Crippen LogP contribution in [-0.2, 0) is 4.74 Å². The molecule has 30 heavy (non-hydrogen) atoms. The van der Waals surface area contributed by atoms with Crippen LogP contribution >= 0.6 is 0 Å². The van der Waals surface area contributed by atoms with Crippen molar-refractivity contribution >= 4 is 23.7 Å². The molecule has 3 heterocycles. The van der Waals surface area contributed by atoms with Crippen LogP contribution in [0.5, 0.6) is 0 Å². The highest BCUT2D eigenvalue weighted by Crippen LogP contribution is 2.39. The lowest BCUT2D eigenvalue weighted by molar-refractivity contribution is 0.0509. The molecule has 1 saturated heterocycles.